The summed E-state index contributed by atoms with van der Waals surface area (Å²) in [6, 6.07) is 0. The topological polar surface area (TPSA) is 28.9 Å². The van der Waals surface area contributed by atoms with Crippen LogP contribution in [0.3, 0.4) is 0 Å². The van der Waals surface area contributed by atoms with Gasteiger partial charge in [0.15, 0.2) is 6.73 Å². The van der Waals surface area contributed by atoms with Gasteiger partial charge in [-0.05, 0) is 6.92 Å². The highest BCUT2D eigenvalue weighted by atomic mass is 16.5. The number of rotatable bonds is 4. The largest absolute Gasteiger partial charge is 0.342 e. The van der Waals surface area contributed by atoms with Crippen molar-refractivity contribution >= 4 is 0 Å². The quantitative estimate of drug-likeness (QED) is 0.642. The predicted molar refractivity (Wildman–Crippen MR) is 42.0 cm³/mol. The van der Waals surface area contributed by atoms with Gasteiger partial charge in [0.05, 0.1) is 0 Å². The predicted octanol–water partition coefficient (Wildman–Crippen LogP) is 0.859. The molecule has 1 heterocycles. The highest BCUT2D eigenvalue weighted by Crippen LogP contribution is 1.87. The van der Waals surface area contributed by atoms with Gasteiger partial charge in [0, 0.05) is 13.0 Å². The van der Waals surface area contributed by atoms with E-state index in [1.54, 1.807) is 0 Å². The first-order valence-corrected chi connectivity index (χ1v) is 4.02. The van der Waals surface area contributed by atoms with Crippen LogP contribution in [0.1, 0.15) is 19.7 Å². The summed E-state index contributed by atoms with van der Waals surface area (Å²) in [5.41, 5.74) is 0. The summed E-state index contributed by atoms with van der Waals surface area (Å²) in [5.74, 6) is 1.21. The fourth-order valence-corrected chi connectivity index (χ4v) is 1.01. The van der Waals surface area contributed by atoms with E-state index < -0.39 is 0 Å². The van der Waals surface area contributed by atoms with Gasteiger partial charge < -0.3 is 4.74 Å². The molecular weight excluding hydrogens is 140 g/mol. The second-order valence-corrected chi connectivity index (χ2v) is 2.35. The fourth-order valence-electron chi connectivity index (χ4n) is 1.01. The third kappa shape index (κ3) is 2.05. The minimum atomic E-state index is 0.656. The van der Waals surface area contributed by atoms with Crippen molar-refractivity contribution in [2.75, 3.05) is 6.61 Å². The molecule has 0 saturated heterocycles. The lowest BCUT2D eigenvalue weighted by Gasteiger charge is -1.97. The first-order chi connectivity index (χ1) is 5.38. The Morgan fingerprint density at radius 2 is 2.36 bits per heavy atom. The van der Waals surface area contributed by atoms with E-state index in [1.165, 1.54) is 5.82 Å². The summed E-state index contributed by atoms with van der Waals surface area (Å²) < 4.78 is 7.34. The molecule has 0 aliphatic carbocycles. The van der Waals surface area contributed by atoms with Gasteiger partial charge in [0.1, 0.15) is 12.4 Å². The second-order valence-electron chi connectivity index (χ2n) is 2.35. The lowest BCUT2D eigenvalue weighted by molar-refractivity contribution is -0.737. The molecule has 62 valence electrons. The molecule has 0 amide bonds. The van der Waals surface area contributed by atoms with Crippen LogP contribution in [0.5, 0.6) is 0 Å². The van der Waals surface area contributed by atoms with Crippen LogP contribution in [-0.2, 0) is 17.9 Å². The van der Waals surface area contributed by atoms with Gasteiger partial charge in [-0.1, -0.05) is 6.92 Å². The zero-order valence-electron chi connectivity index (χ0n) is 7.13. The molecule has 3 heteroatoms. The van der Waals surface area contributed by atoms with E-state index in [-0.39, 0.29) is 0 Å². The molecule has 0 bridgehead atoms. The van der Waals surface area contributed by atoms with Crippen molar-refractivity contribution in [3.8, 4) is 0 Å². The van der Waals surface area contributed by atoms with E-state index in [0.29, 0.717) is 6.73 Å². The SMILES string of the molecule is CCOC[n+]1cc[nH]c1CC. The molecule has 0 fully saturated rings. The van der Waals surface area contributed by atoms with Gasteiger partial charge >= 0.3 is 0 Å². The Kier molecular flexibility index (Phi) is 3.11. The summed E-state index contributed by atoms with van der Waals surface area (Å²) in [5, 5.41) is 0. The van der Waals surface area contributed by atoms with Crippen LogP contribution in [-0.4, -0.2) is 11.6 Å². The van der Waals surface area contributed by atoms with Crippen LogP contribution < -0.4 is 4.57 Å². The number of aryl methyl sites for hydroxylation is 1. The molecule has 0 radical (unpaired) electrons. The summed E-state index contributed by atoms with van der Waals surface area (Å²) in [6.45, 7) is 5.54. The Bertz CT molecular complexity index is 208. The molecule has 1 rings (SSSR count). The Balaban J connectivity index is 2.54. The van der Waals surface area contributed by atoms with Crippen molar-refractivity contribution in [1.29, 1.82) is 0 Å². The maximum atomic E-state index is 5.26. The monoisotopic (exact) mass is 155 g/mol. The van der Waals surface area contributed by atoms with Crippen molar-refractivity contribution in [3.63, 3.8) is 0 Å². The average Bonchev–Trinajstić information content (AvgIpc) is 2.47. The normalized spacial score (nSPS) is 10.4. The van der Waals surface area contributed by atoms with Gasteiger partial charge in [0.25, 0.3) is 5.82 Å². The minimum Gasteiger partial charge on any atom is -0.342 e. The second kappa shape index (κ2) is 4.13. The van der Waals surface area contributed by atoms with E-state index in [4.69, 9.17) is 4.74 Å². The molecule has 0 unspecified atom stereocenters. The summed E-state index contributed by atoms with van der Waals surface area (Å²) in [6.07, 6.45) is 4.94. The average molecular weight is 155 g/mol. The number of ether oxygens (including phenoxy) is 1. The number of hydrogen-bond donors (Lipinski definition) is 1. The van der Waals surface area contributed by atoms with Gasteiger partial charge in [-0.25, -0.2) is 9.55 Å². The minimum absolute atomic E-state index is 0.656. The molecule has 1 N–H and O–H groups in total. The van der Waals surface area contributed by atoms with Gasteiger partial charge in [0.2, 0.25) is 0 Å². The van der Waals surface area contributed by atoms with E-state index in [9.17, 15) is 0 Å². The molecule has 0 spiro atoms. The Morgan fingerprint density at radius 1 is 1.55 bits per heavy atom. The van der Waals surface area contributed by atoms with Crippen molar-refractivity contribution in [3.05, 3.63) is 18.2 Å². The molecule has 11 heavy (non-hydrogen) atoms. The molecular formula is C8H15N2O+. The smallest absolute Gasteiger partial charge is 0.255 e. The van der Waals surface area contributed by atoms with Crippen LogP contribution in [0, 0.1) is 0 Å². The van der Waals surface area contributed by atoms with E-state index in [2.05, 4.69) is 16.5 Å². The number of nitrogens with one attached hydrogen (secondary N) is 1. The number of nitrogens with zero attached hydrogens (tertiary/aromatic N) is 1. The summed E-state index contributed by atoms with van der Waals surface area (Å²) in [7, 11) is 0. The maximum absolute atomic E-state index is 5.26. The van der Waals surface area contributed by atoms with Crippen molar-refractivity contribution in [2.24, 2.45) is 0 Å². The van der Waals surface area contributed by atoms with Crippen LogP contribution >= 0.6 is 0 Å². The highest BCUT2D eigenvalue weighted by Gasteiger charge is 2.05. The zero-order chi connectivity index (χ0) is 8.10. The lowest BCUT2D eigenvalue weighted by Crippen LogP contribution is -2.37. The van der Waals surface area contributed by atoms with Crippen LogP contribution in [0.4, 0.5) is 0 Å². The molecule has 0 aliphatic heterocycles. The van der Waals surface area contributed by atoms with E-state index in [1.807, 2.05) is 19.3 Å². The fraction of sp³-hybridized carbons (Fsp3) is 0.625. The van der Waals surface area contributed by atoms with Crippen molar-refractivity contribution < 1.29 is 9.30 Å². The first-order valence-electron chi connectivity index (χ1n) is 4.02. The number of aromatic amines is 1. The Morgan fingerprint density at radius 3 is 3.00 bits per heavy atom. The van der Waals surface area contributed by atoms with E-state index >= 15 is 0 Å². The number of hydrogen-bond acceptors (Lipinski definition) is 1. The van der Waals surface area contributed by atoms with Crippen LogP contribution in [0.25, 0.3) is 0 Å². The van der Waals surface area contributed by atoms with Crippen LogP contribution in [0.15, 0.2) is 12.4 Å². The molecule has 1 aromatic rings. The molecule has 0 aromatic carbocycles. The third-order valence-electron chi connectivity index (χ3n) is 1.62. The zero-order valence-corrected chi connectivity index (χ0v) is 7.13. The van der Waals surface area contributed by atoms with Crippen molar-refractivity contribution in [2.45, 2.75) is 27.0 Å². The number of imidazole rings is 1. The Hall–Kier alpha value is -0.830. The maximum Gasteiger partial charge on any atom is 0.255 e. The van der Waals surface area contributed by atoms with E-state index in [0.717, 1.165) is 13.0 Å². The summed E-state index contributed by atoms with van der Waals surface area (Å²) >= 11 is 0. The lowest BCUT2D eigenvalue weighted by atomic mass is 10.5. The van der Waals surface area contributed by atoms with Crippen molar-refractivity contribution in [1.82, 2.24) is 4.98 Å². The Labute approximate surface area is 67.0 Å². The molecule has 3 nitrogen and oxygen atoms in total. The first kappa shape index (κ1) is 8.27. The molecule has 0 saturated carbocycles. The highest BCUT2D eigenvalue weighted by molar-refractivity contribution is 4.74. The third-order valence-corrected chi connectivity index (χ3v) is 1.62. The van der Waals surface area contributed by atoms with Crippen LogP contribution in [0.2, 0.25) is 0 Å². The number of aromatic nitrogens is 2. The number of H-pyrrole nitrogens is 1. The van der Waals surface area contributed by atoms with Gasteiger partial charge in [-0.15, -0.1) is 0 Å². The standard InChI is InChI=1S/C8H14N2O/c1-3-8-9-5-6-10(8)7-11-4-2/h5-6H,3-4,7H2,1-2H3/p+1. The molecule has 0 atom stereocenters. The van der Waals surface area contributed by atoms with Gasteiger partial charge in [-0.3, -0.25) is 0 Å². The molecule has 0 aliphatic rings. The molecule has 1 aromatic heterocycles. The van der Waals surface area contributed by atoms with Gasteiger partial charge in [-0.2, -0.15) is 0 Å². The summed E-state index contributed by atoms with van der Waals surface area (Å²) in [4.78, 5) is 3.15.